The van der Waals surface area contributed by atoms with E-state index in [-0.39, 0.29) is 0 Å². The van der Waals surface area contributed by atoms with Gasteiger partial charge in [0, 0.05) is 12.1 Å². The average molecular weight is 262 g/mol. The van der Waals surface area contributed by atoms with E-state index in [9.17, 15) is 0 Å². The summed E-state index contributed by atoms with van der Waals surface area (Å²) in [6.45, 7) is 12.1. The predicted octanol–water partition coefficient (Wildman–Crippen LogP) is 3.67. The maximum atomic E-state index is 6.13. The molecule has 0 aliphatic heterocycles. The van der Waals surface area contributed by atoms with Gasteiger partial charge in [0.15, 0.2) is 0 Å². The molecule has 0 aromatic heterocycles. The molecule has 0 heterocycles. The molecule has 1 aromatic rings. The minimum Gasteiger partial charge on any atom is -0.327 e. The van der Waals surface area contributed by atoms with E-state index < -0.39 is 0 Å². The van der Waals surface area contributed by atoms with Crippen LogP contribution in [-0.2, 0) is 0 Å². The predicted molar refractivity (Wildman–Crippen MR) is 84.4 cm³/mol. The number of nitrogens with zero attached hydrogens (tertiary/aromatic N) is 1. The van der Waals surface area contributed by atoms with Crippen molar-refractivity contribution in [1.82, 2.24) is 4.90 Å². The maximum absolute atomic E-state index is 6.13. The summed E-state index contributed by atoms with van der Waals surface area (Å²) in [5, 5.41) is 0. The van der Waals surface area contributed by atoms with Crippen LogP contribution in [0, 0.1) is 19.8 Å². The average Bonchev–Trinajstić information content (AvgIpc) is 2.34. The van der Waals surface area contributed by atoms with Gasteiger partial charge in [-0.05, 0) is 57.8 Å². The molecule has 19 heavy (non-hydrogen) atoms. The topological polar surface area (TPSA) is 29.3 Å². The van der Waals surface area contributed by atoms with E-state index in [4.69, 9.17) is 5.73 Å². The smallest absolute Gasteiger partial charge is 0.0319 e. The number of benzene rings is 1. The first kappa shape index (κ1) is 16.2. The van der Waals surface area contributed by atoms with Gasteiger partial charge >= 0.3 is 0 Å². The molecule has 0 radical (unpaired) electrons. The second kappa shape index (κ2) is 7.06. The Hall–Kier alpha value is -0.860. The summed E-state index contributed by atoms with van der Waals surface area (Å²) in [5.74, 6) is 0.560. The molecule has 0 saturated heterocycles. The van der Waals surface area contributed by atoms with E-state index in [0.29, 0.717) is 18.0 Å². The maximum Gasteiger partial charge on any atom is 0.0319 e. The van der Waals surface area contributed by atoms with Gasteiger partial charge < -0.3 is 5.73 Å². The van der Waals surface area contributed by atoms with Gasteiger partial charge in [0.25, 0.3) is 0 Å². The highest BCUT2D eigenvalue weighted by atomic mass is 15.1. The molecule has 2 nitrogen and oxygen atoms in total. The van der Waals surface area contributed by atoms with E-state index >= 15 is 0 Å². The van der Waals surface area contributed by atoms with Gasteiger partial charge in [-0.15, -0.1) is 0 Å². The van der Waals surface area contributed by atoms with Crippen LogP contribution in [0.25, 0.3) is 0 Å². The lowest BCUT2D eigenvalue weighted by Gasteiger charge is -2.28. The van der Waals surface area contributed by atoms with Crippen LogP contribution in [0.15, 0.2) is 18.2 Å². The summed E-state index contributed by atoms with van der Waals surface area (Å²) < 4.78 is 0. The molecule has 0 amide bonds. The fourth-order valence-electron chi connectivity index (χ4n) is 2.41. The zero-order chi connectivity index (χ0) is 14.6. The van der Waals surface area contributed by atoms with E-state index in [2.05, 4.69) is 64.8 Å². The van der Waals surface area contributed by atoms with Gasteiger partial charge in [-0.25, -0.2) is 0 Å². The first-order chi connectivity index (χ1) is 8.82. The molecule has 0 fully saturated rings. The van der Waals surface area contributed by atoms with Gasteiger partial charge in [-0.1, -0.05) is 37.6 Å². The van der Waals surface area contributed by atoms with Gasteiger partial charge in [0.1, 0.15) is 0 Å². The van der Waals surface area contributed by atoms with Crippen molar-refractivity contribution in [2.75, 3.05) is 13.6 Å². The van der Waals surface area contributed by atoms with Crippen LogP contribution >= 0.6 is 0 Å². The summed E-state index contributed by atoms with van der Waals surface area (Å²) in [6.07, 6.45) is 1.06. The van der Waals surface area contributed by atoms with Gasteiger partial charge in [0.2, 0.25) is 0 Å². The van der Waals surface area contributed by atoms with Gasteiger partial charge in [-0.3, -0.25) is 4.90 Å². The number of hydrogen-bond acceptors (Lipinski definition) is 2. The highest BCUT2D eigenvalue weighted by molar-refractivity contribution is 5.32. The Labute approximate surface area is 119 Å². The quantitative estimate of drug-likeness (QED) is 0.847. The van der Waals surface area contributed by atoms with Crippen molar-refractivity contribution in [1.29, 1.82) is 0 Å². The largest absolute Gasteiger partial charge is 0.327 e. The molecular formula is C17H30N2. The Balaban J connectivity index is 2.63. The van der Waals surface area contributed by atoms with Crippen molar-refractivity contribution < 1.29 is 0 Å². The molecule has 2 heteroatoms. The summed E-state index contributed by atoms with van der Waals surface area (Å²) in [4.78, 5) is 2.40. The van der Waals surface area contributed by atoms with Gasteiger partial charge in [0.05, 0.1) is 0 Å². The van der Waals surface area contributed by atoms with E-state index in [0.717, 1.165) is 13.0 Å². The fraction of sp³-hybridized carbons (Fsp3) is 0.647. The molecule has 0 spiro atoms. The minimum atomic E-state index is 0.300. The van der Waals surface area contributed by atoms with E-state index in [1.54, 1.807) is 0 Å². The monoisotopic (exact) mass is 262 g/mol. The van der Waals surface area contributed by atoms with Crippen LogP contribution in [0.4, 0.5) is 0 Å². The summed E-state index contributed by atoms with van der Waals surface area (Å²) in [5.41, 5.74) is 10.3. The Morgan fingerprint density at radius 2 is 1.79 bits per heavy atom. The lowest BCUT2D eigenvalue weighted by molar-refractivity contribution is 0.243. The van der Waals surface area contributed by atoms with Gasteiger partial charge in [-0.2, -0.15) is 0 Å². The lowest BCUT2D eigenvalue weighted by atomic mass is 9.98. The number of aryl methyl sites for hydroxylation is 2. The second-order valence-corrected chi connectivity index (χ2v) is 6.21. The molecule has 0 bridgehead atoms. The molecule has 0 aliphatic carbocycles. The first-order valence-corrected chi connectivity index (χ1v) is 7.36. The third kappa shape index (κ3) is 4.63. The fourth-order valence-corrected chi connectivity index (χ4v) is 2.41. The van der Waals surface area contributed by atoms with Crippen LogP contribution in [-0.4, -0.2) is 24.5 Å². The molecule has 2 atom stereocenters. The van der Waals surface area contributed by atoms with Crippen molar-refractivity contribution in [2.45, 2.75) is 53.1 Å². The summed E-state index contributed by atoms with van der Waals surface area (Å²) >= 11 is 0. The molecular weight excluding hydrogens is 232 g/mol. The molecule has 1 aromatic carbocycles. The number of nitrogens with two attached hydrogens (primary N) is 1. The Morgan fingerprint density at radius 3 is 2.32 bits per heavy atom. The molecule has 2 unspecified atom stereocenters. The zero-order valence-corrected chi connectivity index (χ0v) is 13.4. The van der Waals surface area contributed by atoms with Crippen molar-refractivity contribution in [3.05, 3.63) is 34.9 Å². The van der Waals surface area contributed by atoms with E-state index in [1.165, 1.54) is 16.7 Å². The van der Waals surface area contributed by atoms with E-state index in [1.807, 2.05) is 0 Å². The van der Waals surface area contributed by atoms with Crippen molar-refractivity contribution in [2.24, 2.45) is 11.7 Å². The summed E-state index contributed by atoms with van der Waals surface area (Å²) in [6, 6.07) is 7.47. The molecule has 1 rings (SSSR count). The SMILES string of the molecule is Cc1ccc(C(C)N(C)CCC(N)C(C)C)c(C)c1. The lowest BCUT2D eigenvalue weighted by Crippen LogP contribution is -2.33. The third-order valence-corrected chi connectivity index (χ3v) is 4.21. The Kier molecular flexibility index (Phi) is 6.02. The number of hydrogen-bond donors (Lipinski definition) is 1. The molecule has 2 N–H and O–H groups in total. The van der Waals surface area contributed by atoms with Crippen LogP contribution in [0.5, 0.6) is 0 Å². The Bertz CT molecular complexity index is 398. The van der Waals surface area contributed by atoms with Crippen LogP contribution in [0.1, 0.15) is 49.9 Å². The van der Waals surface area contributed by atoms with Crippen LogP contribution in [0.3, 0.4) is 0 Å². The third-order valence-electron chi connectivity index (χ3n) is 4.21. The second-order valence-electron chi connectivity index (χ2n) is 6.21. The first-order valence-electron chi connectivity index (χ1n) is 7.36. The molecule has 0 aliphatic rings. The highest BCUT2D eigenvalue weighted by Gasteiger charge is 2.15. The summed E-state index contributed by atoms with van der Waals surface area (Å²) in [7, 11) is 2.19. The standard InChI is InChI=1S/C17H30N2/c1-12(2)17(18)9-10-19(6)15(5)16-8-7-13(3)11-14(16)4/h7-8,11-12,15,17H,9-10,18H2,1-6H3. The highest BCUT2D eigenvalue weighted by Crippen LogP contribution is 2.23. The zero-order valence-electron chi connectivity index (χ0n) is 13.4. The molecule has 0 saturated carbocycles. The van der Waals surface area contributed by atoms with Crippen LogP contribution in [0.2, 0.25) is 0 Å². The number of rotatable bonds is 6. The van der Waals surface area contributed by atoms with Crippen molar-refractivity contribution in [3.8, 4) is 0 Å². The van der Waals surface area contributed by atoms with Crippen molar-refractivity contribution >= 4 is 0 Å². The Morgan fingerprint density at radius 1 is 1.16 bits per heavy atom. The molecule has 108 valence electrons. The normalized spacial score (nSPS) is 15.0. The van der Waals surface area contributed by atoms with Crippen molar-refractivity contribution in [3.63, 3.8) is 0 Å². The van der Waals surface area contributed by atoms with Crippen LogP contribution < -0.4 is 5.73 Å². The minimum absolute atomic E-state index is 0.300.